The summed E-state index contributed by atoms with van der Waals surface area (Å²) < 4.78 is 18.9. The molecule has 0 atom stereocenters. The first-order chi connectivity index (χ1) is 48.6. The van der Waals surface area contributed by atoms with Gasteiger partial charge in [0.25, 0.3) is 0 Å². The summed E-state index contributed by atoms with van der Waals surface area (Å²) in [7, 11) is 0. The first kappa shape index (κ1) is 54.2. The Kier molecular flexibility index (Phi) is 11.4. The van der Waals surface area contributed by atoms with E-state index in [0.29, 0.717) is 11.4 Å². The van der Waals surface area contributed by atoms with Crippen molar-refractivity contribution >= 4 is 182 Å². The molecule has 8 aromatic heterocycles. The van der Waals surface area contributed by atoms with Gasteiger partial charge < -0.3 is 8.98 Å². The SMILES string of the molecule is c1ccc(-c2ccc3c(c2)c2c4ccccc4c4c5ccccc5sc4c2n3-c2cc3c(sc4c(-c5ccc6c(c5)c5c7ccccc7sc5c5c6c6ccccc6n5-c5ccc(-c6nc(-c7ccccc7)c7oc8ccccc8c7n6)cc5)cccc43)c(-c3ccccc3)n2)cc1. The number of thiophene rings is 3. The Labute approximate surface area is 571 Å². The minimum Gasteiger partial charge on any atom is -0.452 e. The number of aromatic nitrogens is 5. The van der Waals surface area contributed by atoms with Crippen molar-refractivity contribution in [3.05, 3.63) is 297 Å². The molecule has 0 fully saturated rings. The van der Waals surface area contributed by atoms with Crippen molar-refractivity contribution in [2.75, 3.05) is 0 Å². The van der Waals surface area contributed by atoms with Crippen LogP contribution in [0.4, 0.5) is 0 Å². The third-order valence-electron chi connectivity index (χ3n) is 20.3. The van der Waals surface area contributed by atoms with Crippen LogP contribution in [-0.2, 0) is 0 Å². The molecule has 0 aliphatic rings. The van der Waals surface area contributed by atoms with Gasteiger partial charge in [0.05, 0.1) is 41.9 Å². The van der Waals surface area contributed by atoms with Crippen LogP contribution in [-0.4, -0.2) is 24.1 Å². The highest BCUT2D eigenvalue weighted by Crippen LogP contribution is 2.53. The van der Waals surface area contributed by atoms with Crippen molar-refractivity contribution < 1.29 is 4.42 Å². The molecule has 14 aromatic carbocycles. The molecule has 0 saturated carbocycles. The molecule has 6 nitrogen and oxygen atoms in total. The van der Waals surface area contributed by atoms with Gasteiger partial charge in [0.1, 0.15) is 22.6 Å². The molecule has 0 unspecified atom stereocenters. The van der Waals surface area contributed by atoms with Crippen LogP contribution in [0.1, 0.15) is 0 Å². The highest BCUT2D eigenvalue weighted by molar-refractivity contribution is 7.28. The number of para-hydroxylation sites is 2. The maximum atomic E-state index is 6.48. The quantitative estimate of drug-likeness (QED) is 0.160. The van der Waals surface area contributed by atoms with Gasteiger partial charge in [-0.1, -0.05) is 218 Å². The zero-order valence-electron chi connectivity index (χ0n) is 52.2. The lowest BCUT2D eigenvalue weighted by atomic mass is 9.94. The Hall–Kier alpha value is -12.1. The highest BCUT2D eigenvalue weighted by atomic mass is 32.1. The maximum Gasteiger partial charge on any atom is 0.180 e. The van der Waals surface area contributed by atoms with Crippen molar-refractivity contribution in [2.45, 2.75) is 0 Å². The van der Waals surface area contributed by atoms with Gasteiger partial charge in [-0.2, -0.15) is 0 Å². The second kappa shape index (κ2) is 20.7. The molecular formula is C89H49N5OS3. The van der Waals surface area contributed by atoms with Gasteiger partial charge >= 0.3 is 0 Å². The van der Waals surface area contributed by atoms with Gasteiger partial charge in [-0.05, 0) is 123 Å². The average molecular weight is 1300 g/mol. The summed E-state index contributed by atoms with van der Waals surface area (Å²) in [5.41, 5.74) is 17.5. The number of furan rings is 1. The molecule has 8 heterocycles. The summed E-state index contributed by atoms with van der Waals surface area (Å²) in [6.07, 6.45) is 0. The van der Waals surface area contributed by atoms with Gasteiger partial charge in [-0.25, -0.2) is 15.0 Å². The zero-order valence-corrected chi connectivity index (χ0v) is 54.6. The van der Waals surface area contributed by atoms with Crippen LogP contribution < -0.4 is 0 Å². The van der Waals surface area contributed by atoms with Gasteiger partial charge in [0.2, 0.25) is 0 Å². The van der Waals surface area contributed by atoms with Gasteiger partial charge in [0, 0.05) is 95.7 Å². The van der Waals surface area contributed by atoms with Crippen LogP contribution in [0.25, 0.3) is 215 Å². The fourth-order valence-electron chi connectivity index (χ4n) is 16.0. The topological polar surface area (TPSA) is 61.7 Å². The fraction of sp³-hybridized carbons (Fsp3) is 0. The number of rotatable bonds is 7. The van der Waals surface area contributed by atoms with E-state index < -0.39 is 0 Å². The molecule has 9 heteroatoms. The second-order valence-electron chi connectivity index (χ2n) is 25.6. The number of benzene rings is 14. The Morgan fingerprint density at radius 1 is 0.286 bits per heavy atom. The summed E-state index contributed by atoms with van der Waals surface area (Å²) in [5, 5.41) is 18.3. The van der Waals surface area contributed by atoms with Crippen LogP contribution in [0.15, 0.2) is 302 Å². The third-order valence-corrected chi connectivity index (χ3v) is 23.9. The van der Waals surface area contributed by atoms with E-state index in [2.05, 4.69) is 270 Å². The van der Waals surface area contributed by atoms with Crippen molar-refractivity contribution in [1.82, 2.24) is 24.1 Å². The van der Waals surface area contributed by atoms with E-state index in [1.54, 1.807) is 0 Å². The standard InChI is InChI=1S/C89H49N5OS3/c1-4-21-50(22-5-1)54-42-46-70-68(47-54)76-58-27-10-11-28-59(58)77-64-31-14-18-37-72(64)96-87(77)83(76)94(70)74-49-67-61-34-20-33-57(85(61)98-86(67)80(90-74)52-25-8-3-9-26-52)55-41-45-60-66(48-55)78-65-32-15-19-38-73(65)97-88(78)82-75(60)62-29-12-16-35-69(62)93(82)56-43-39-53(40-44-56)89-91-79(51-23-6-2-7-24-51)84-81(92-89)63-30-13-17-36-71(63)95-84/h1-49H. The molecular weight excluding hydrogens is 1250 g/mol. The van der Waals surface area contributed by atoms with Crippen molar-refractivity contribution in [1.29, 1.82) is 0 Å². The largest absolute Gasteiger partial charge is 0.452 e. The molecule has 0 aliphatic heterocycles. The molecule has 0 spiro atoms. The number of hydrogen-bond donors (Lipinski definition) is 0. The van der Waals surface area contributed by atoms with Gasteiger partial charge in [0.15, 0.2) is 11.4 Å². The lowest BCUT2D eigenvalue weighted by Crippen LogP contribution is -1.99. The molecule has 22 aromatic rings. The monoisotopic (exact) mass is 1300 g/mol. The van der Waals surface area contributed by atoms with E-state index >= 15 is 0 Å². The predicted molar refractivity (Wildman–Crippen MR) is 417 cm³/mol. The van der Waals surface area contributed by atoms with Crippen molar-refractivity contribution in [3.63, 3.8) is 0 Å². The van der Waals surface area contributed by atoms with Gasteiger partial charge in [-0.3, -0.25) is 4.57 Å². The zero-order chi connectivity index (χ0) is 63.8. The molecule has 98 heavy (non-hydrogen) atoms. The number of nitrogens with zero attached hydrogens (tertiary/aromatic N) is 5. The minimum atomic E-state index is 0.648. The fourth-order valence-corrected chi connectivity index (χ4v) is 19.9. The molecule has 0 N–H and O–H groups in total. The summed E-state index contributed by atoms with van der Waals surface area (Å²) in [4.78, 5) is 16.4. The Morgan fingerprint density at radius 3 is 1.56 bits per heavy atom. The van der Waals surface area contributed by atoms with E-state index in [0.717, 1.165) is 67.1 Å². The third kappa shape index (κ3) is 7.74. The first-order valence-electron chi connectivity index (χ1n) is 33.1. The molecule has 0 aliphatic carbocycles. The van der Waals surface area contributed by atoms with E-state index in [1.807, 2.05) is 70.4 Å². The molecule has 0 bridgehead atoms. The summed E-state index contributed by atoms with van der Waals surface area (Å²) >= 11 is 5.63. The second-order valence-corrected chi connectivity index (χ2v) is 28.7. The first-order valence-corrected chi connectivity index (χ1v) is 35.5. The normalized spacial score (nSPS) is 12.3. The van der Waals surface area contributed by atoms with Gasteiger partial charge in [-0.15, -0.1) is 34.0 Å². The molecule has 22 rings (SSSR count). The van der Waals surface area contributed by atoms with Crippen LogP contribution in [0.2, 0.25) is 0 Å². The van der Waals surface area contributed by atoms with Crippen LogP contribution in [0.5, 0.6) is 0 Å². The van der Waals surface area contributed by atoms with E-state index in [1.165, 1.54) is 137 Å². The minimum absolute atomic E-state index is 0.648. The van der Waals surface area contributed by atoms with Crippen LogP contribution in [0, 0.1) is 0 Å². The summed E-state index contributed by atoms with van der Waals surface area (Å²) in [6, 6.07) is 108. The highest BCUT2D eigenvalue weighted by Gasteiger charge is 2.28. The summed E-state index contributed by atoms with van der Waals surface area (Å²) in [5.74, 6) is 1.54. The molecule has 0 saturated heterocycles. The lowest BCUT2D eigenvalue weighted by molar-refractivity contribution is 0.667. The molecule has 0 amide bonds. The molecule has 0 radical (unpaired) electrons. The predicted octanol–water partition coefficient (Wildman–Crippen LogP) is 25.7. The van der Waals surface area contributed by atoms with E-state index in [4.69, 9.17) is 19.4 Å². The van der Waals surface area contributed by atoms with Crippen LogP contribution in [0.3, 0.4) is 0 Å². The van der Waals surface area contributed by atoms with Crippen molar-refractivity contribution in [2.24, 2.45) is 0 Å². The lowest BCUT2D eigenvalue weighted by Gasteiger charge is -2.13. The number of pyridine rings is 1. The number of hydrogen-bond acceptors (Lipinski definition) is 7. The molecule has 454 valence electrons. The average Bonchev–Trinajstić information content (AvgIpc) is 1.80. The van der Waals surface area contributed by atoms with Crippen LogP contribution >= 0.6 is 34.0 Å². The Bertz CT molecular complexity index is 7160. The maximum absolute atomic E-state index is 6.48. The summed E-state index contributed by atoms with van der Waals surface area (Å²) in [6.45, 7) is 0. The number of fused-ring (bicyclic) bond motifs is 26. The Morgan fingerprint density at radius 2 is 0.827 bits per heavy atom. The van der Waals surface area contributed by atoms with E-state index in [9.17, 15) is 0 Å². The Balaban J connectivity index is 0.754. The van der Waals surface area contributed by atoms with E-state index in [-0.39, 0.29) is 0 Å². The smallest absolute Gasteiger partial charge is 0.180 e. The van der Waals surface area contributed by atoms with Crippen molar-refractivity contribution in [3.8, 4) is 67.7 Å².